The van der Waals surface area contributed by atoms with E-state index in [0.29, 0.717) is 37.2 Å². The molecule has 3 nitrogen and oxygen atoms in total. The van der Waals surface area contributed by atoms with Crippen molar-refractivity contribution in [3.63, 3.8) is 0 Å². The zero-order chi connectivity index (χ0) is 13.1. The standard InChI is InChI=1S/C14H15FN2O/c1-10-8-17(5-4-14(10)18)9-12-3-2-11(7-16)6-13(12)15/h2-3,6,10H,4-5,8-9H2,1H3. The Morgan fingerprint density at radius 2 is 2.33 bits per heavy atom. The van der Waals surface area contributed by atoms with Crippen LogP contribution in [0.4, 0.5) is 4.39 Å². The topological polar surface area (TPSA) is 44.1 Å². The van der Waals surface area contributed by atoms with Crippen LogP contribution in [0.15, 0.2) is 18.2 Å². The smallest absolute Gasteiger partial charge is 0.138 e. The van der Waals surface area contributed by atoms with E-state index >= 15 is 0 Å². The van der Waals surface area contributed by atoms with Gasteiger partial charge in [0.1, 0.15) is 11.6 Å². The highest BCUT2D eigenvalue weighted by Crippen LogP contribution is 2.17. The zero-order valence-corrected chi connectivity index (χ0v) is 10.3. The molecule has 0 saturated carbocycles. The first-order valence-electron chi connectivity index (χ1n) is 6.03. The van der Waals surface area contributed by atoms with Gasteiger partial charge in [-0.05, 0) is 12.1 Å². The second kappa shape index (κ2) is 5.28. The third-order valence-electron chi connectivity index (χ3n) is 3.33. The first kappa shape index (κ1) is 12.7. The largest absolute Gasteiger partial charge is 0.299 e. The Balaban J connectivity index is 2.06. The van der Waals surface area contributed by atoms with Gasteiger partial charge < -0.3 is 0 Å². The van der Waals surface area contributed by atoms with Crippen molar-refractivity contribution in [2.45, 2.75) is 19.9 Å². The molecule has 18 heavy (non-hydrogen) atoms. The maximum atomic E-state index is 13.7. The van der Waals surface area contributed by atoms with Crippen LogP contribution in [0, 0.1) is 23.1 Å². The van der Waals surface area contributed by atoms with Crippen molar-refractivity contribution in [2.24, 2.45) is 5.92 Å². The van der Waals surface area contributed by atoms with Gasteiger partial charge >= 0.3 is 0 Å². The Labute approximate surface area is 106 Å². The Bertz CT molecular complexity index is 507. The fraction of sp³-hybridized carbons (Fsp3) is 0.429. The van der Waals surface area contributed by atoms with E-state index in [0.717, 1.165) is 0 Å². The monoisotopic (exact) mass is 246 g/mol. The third kappa shape index (κ3) is 2.74. The number of carbonyl (C=O) groups is 1. The van der Waals surface area contributed by atoms with Gasteiger partial charge in [-0.15, -0.1) is 0 Å². The zero-order valence-electron chi connectivity index (χ0n) is 10.3. The number of hydrogen-bond donors (Lipinski definition) is 0. The van der Waals surface area contributed by atoms with Gasteiger partial charge in [0.15, 0.2) is 0 Å². The van der Waals surface area contributed by atoms with Gasteiger partial charge in [-0.2, -0.15) is 5.26 Å². The van der Waals surface area contributed by atoms with Crippen molar-refractivity contribution in [3.05, 3.63) is 35.1 Å². The number of benzene rings is 1. The minimum Gasteiger partial charge on any atom is -0.299 e. The van der Waals surface area contributed by atoms with Crippen LogP contribution in [-0.2, 0) is 11.3 Å². The molecule has 1 unspecified atom stereocenters. The van der Waals surface area contributed by atoms with Crippen LogP contribution in [0.2, 0.25) is 0 Å². The average molecular weight is 246 g/mol. The Morgan fingerprint density at radius 3 is 2.94 bits per heavy atom. The van der Waals surface area contributed by atoms with Crippen LogP contribution in [0.3, 0.4) is 0 Å². The lowest BCUT2D eigenvalue weighted by atomic mass is 9.98. The Hall–Kier alpha value is -1.73. The summed E-state index contributed by atoms with van der Waals surface area (Å²) in [7, 11) is 0. The molecule has 1 saturated heterocycles. The van der Waals surface area contributed by atoms with Gasteiger partial charge in [-0.3, -0.25) is 9.69 Å². The van der Waals surface area contributed by atoms with E-state index in [1.54, 1.807) is 12.1 Å². The molecule has 94 valence electrons. The Kier molecular flexibility index (Phi) is 3.73. The number of rotatable bonds is 2. The first-order chi connectivity index (χ1) is 8.60. The summed E-state index contributed by atoms with van der Waals surface area (Å²) in [5.41, 5.74) is 0.911. The highest BCUT2D eigenvalue weighted by Gasteiger charge is 2.23. The van der Waals surface area contributed by atoms with Crippen molar-refractivity contribution in [1.29, 1.82) is 5.26 Å². The van der Waals surface area contributed by atoms with Gasteiger partial charge in [-0.1, -0.05) is 13.0 Å². The molecule has 0 aromatic heterocycles. The van der Waals surface area contributed by atoms with Gasteiger partial charge in [0.05, 0.1) is 11.6 Å². The van der Waals surface area contributed by atoms with Crippen LogP contribution in [0.5, 0.6) is 0 Å². The van der Waals surface area contributed by atoms with E-state index in [1.165, 1.54) is 6.07 Å². The predicted molar refractivity (Wildman–Crippen MR) is 65.2 cm³/mol. The summed E-state index contributed by atoms with van der Waals surface area (Å²) in [6.07, 6.45) is 0.541. The summed E-state index contributed by atoms with van der Waals surface area (Å²) in [6.45, 7) is 3.76. The number of hydrogen-bond acceptors (Lipinski definition) is 3. The molecule has 0 radical (unpaired) electrons. The summed E-state index contributed by atoms with van der Waals surface area (Å²) in [5.74, 6) is -0.0367. The molecule has 0 bridgehead atoms. The molecule has 4 heteroatoms. The van der Waals surface area contributed by atoms with E-state index < -0.39 is 0 Å². The fourth-order valence-electron chi connectivity index (χ4n) is 2.22. The molecule has 1 atom stereocenters. The van der Waals surface area contributed by atoms with Gasteiger partial charge in [0.25, 0.3) is 0 Å². The molecule has 2 rings (SSSR count). The molecular formula is C14H15FN2O. The van der Waals surface area contributed by atoms with E-state index in [1.807, 2.05) is 13.0 Å². The fourth-order valence-corrected chi connectivity index (χ4v) is 2.22. The molecule has 0 N–H and O–H groups in total. The molecule has 1 heterocycles. The molecule has 1 aromatic carbocycles. The van der Waals surface area contributed by atoms with Crippen LogP contribution in [0.1, 0.15) is 24.5 Å². The average Bonchev–Trinajstić information content (AvgIpc) is 2.36. The number of nitrogens with zero attached hydrogens (tertiary/aromatic N) is 2. The molecule has 0 aliphatic carbocycles. The lowest BCUT2D eigenvalue weighted by molar-refractivity contribution is -0.125. The van der Waals surface area contributed by atoms with Crippen LogP contribution < -0.4 is 0 Å². The second-order valence-corrected chi connectivity index (χ2v) is 4.77. The number of nitriles is 1. The van der Waals surface area contributed by atoms with Crippen molar-refractivity contribution >= 4 is 5.78 Å². The number of ketones is 1. The summed E-state index contributed by atoms with van der Waals surface area (Å²) >= 11 is 0. The van der Waals surface area contributed by atoms with Crippen molar-refractivity contribution in [2.75, 3.05) is 13.1 Å². The maximum absolute atomic E-state index is 13.7. The van der Waals surface area contributed by atoms with Crippen LogP contribution in [0.25, 0.3) is 0 Å². The molecule has 1 fully saturated rings. The summed E-state index contributed by atoms with van der Waals surface area (Å²) in [6, 6.07) is 6.44. The maximum Gasteiger partial charge on any atom is 0.138 e. The number of carbonyl (C=O) groups excluding carboxylic acids is 1. The van der Waals surface area contributed by atoms with Gasteiger partial charge in [-0.25, -0.2) is 4.39 Å². The highest BCUT2D eigenvalue weighted by molar-refractivity contribution is 5.81. The summed E-state index contributed by atoms with van der Waals surface area (Å²) in [5, 5.41) is 8.67. The lowest BCUT2D eigenvalue weighted by Crippen LogP contribution is -2.39. The summed E-state index contributed by atoms with van der Waals surface area (Å²) in [4.78, 5) is 13.5. The van der Waals surface area contributed by atoms with Crippen molar-refractivity contribution in [1.82, 2.24) is 4.90 Å². The minimum atomic E-state index is -0.349. The lowest BCUT2D eigenvalue weighted by Gasteiger charge is -2.30. The number of Topliss-reactive ketones (excluding diaryl/α,β-unsaturated/α-hetero) is 1. The number of likely N-dealkylation sites (tertiary alicyclic amines) is 1. The van der Waals surface area contributed by atoms with Gasteiger partial charge in [0, 0.05) is 37.5 Å². The van der Waals surface area contributed by atoms with E-state index in [-0.39, 0.29) is 17.5 Å². The van der Waals surface area contributed by atoms with Crippen molar-refractivity contribution < 1.29 is 9.18 Å². The molecule has 0 amide bonds. The first-order valence-corrected chi connectivity index (χ1v) is 6.03. The highest BCUT2D eigenvalue weighted by atomic mass is 19.1. The third-order valence-corrected chi connectivity index (χ3v) is 3.33. The van der Waals surface area contributed by atoms with Crippen LogP contribution >= 0.6 is 0 Å². The normalized spacial score (nSPS) is 20.7. The van der Waals surface area contributed by atoms with Gasteiger partial charge in [0.2, 0.25) is 0 Å². The SMILES string of the molecule is CC1CN(Cc2ccc(C#N)cc2F)CCC1=O. The quantitative estimate of drug-likeness (QED) is 0.802. The molecule has 1 aliphatic heterocycles. The molecule has 1 aromatic rings. The number of halogens is 1. The molecule has 0 spiro atoms. The van der Waals surface area contributed by atoms with E-state index in [2.05, 4.69) is 4.90 Å². The molecular weight excluding hydrogens is 231 g/mol. The Morgan fingerprint density at radius 1 is 1.56 bits per heavy atom. The van der Waals surface area contributed by atoms with E-state index in [9.17, 15) is 9.18 Å². The number of piperidine rings is 1. The minimum absolute atomic E-state index is 0.0280. The van der Waals surface area contributed by atoms with E-state index in [4.69, 9.17) is 5.26 Å². The predicted octanol–water partition coefficient (Wildman–Crippen LogP) is 2.11. The van der Waals surface area contributed by atoms with Crippen LogP contribution in [-0.4, -0.2) is 23.8 Å². The summed E-state index contributed by atoms with van der Waals surface area (Å²) < 4.78 is 13.7. The molecule has 1 aliphatic rings. The van der Waals surface area contributed by atoms with Crippen molar-refractivity contribution in [3.8, 4) is 6.07 Å². The second-order valence-electron chi connectivity index (χ2n) is 4.77.